The number of hydrogen-bond acceptors (Lipinski definition) is 6. The van der Waals surface area contributed by atoms with E-state index in [0.29, 0.717) is 26.2 Å². The number of benzene rings is 1. The molecule has 0 atom stereocenters. The maximum absolute atomic E-state index is 12.2. The van der Waals surface area contributed by atoms with Crippen molar-refractivity contribution in [3.05, 3.63) is 36.1 Å². The molecular formula is C18H24N4O4. The predicted molar refractivity (Wildman–Crippen MR) is 96.9 cm³/mol. The first kappa shape index (κ1) is 17.9. The van der Waals surface area contributed by atoms with Crippen LogP contribution in [0.1, 0.15) is 5.76 Å². The number of methoxy groups -OCH3 is 1. The fourth-order valence-corrected chi connectivity index (χ4v) is 2.75. The third-order valence-corrected chi connectivity index (χ3v) is 4.21. The van der Waals surface area contributed by atoms with Gasteiger partial charge >= 0.3 is 6.03 Å². The van der Waals surface area contributed by atoms with Gasteiger partial charge in [0.15, 0.2) is 5.82 Å². The van der Waals surface area contributed by atoms with Crippen molar-refractivity contribution in [2.75, 3.05) is 51.3 Å². The highest BCUT2D eigenvalue weighted by atomic mass is 16.5. The third kappa shape index (κ3) is 4.59. The number of piperazine rings is 1. The van der Waals surface area contributed by atoms with Crippen LogP contribution in [0.25, 0.3) is 0 Å². The highest BCUT2D eigenvalue weighted by Gasteiger charge is 2.22. The van der Waals surface area contributed by atoms with Crippen molar-refractivity contribution in [2.24, 2.45) is 0 Å². The molecule has 0 radical (unpaired) electrons. The van der Waals surface area contributed by atoms with Crippen molar-refractivity contribution in [3.8, 4) is 11.5 Å². The van der Waals surface area contributed by atoms with Crippen LogP contribution in [0.5, 0.6) is 11.5 Å². The molecule has 26 heavy (non-hydrogen) atoms. The molecule has 0 aliphatic carbocycles. The molecule has 1 aromatic heterocycles. The zero-order valence-corrected chi connectivity index (χ0v) is 15.1. The number of aryl methyl sites for hydroxylation is 1. The van der Waals surface area contributed by atoms with Gasteiger partial charge < -0.3 is 29.1 Å². The van der Waals surface area contributed by atoms with Crippen LogP contribution in [-0.2, 0) is 0 Å². The summed E-state index contributed by atoms with van der Waals surface area (Å²) >= 11 is 0. The van der Waals surface area contributed by atoms with Gasteiger partial charge in [0.05, 0.1) is 13.7 Å². The number of hydrogen-bond donors (Lipinski definition) is 1. The first-order chi connectivity index (χ1) is 12.7. The maximum Gasteiger partial charge on any atom is 0.317 e. The zero-order chi connectivity index (χ0) is 18.4. The quantitative estimate of drug-likeness (QED) is 0.793. The first-order valence-electron chi connectivity index (χ1n) is 8.63. The molecule has 2 aromatic rings. The number of urea groups is 1. The number of rotatable bonds is 6. The van der Waals surface area contributed by atoms with E-state index >= 15 is 0 Å². The van der Waals surface area contributed by atoms with Crippen molar-refractivity contribution in [3.63, 3.8) is 0 Å². The van der Waals surface area contributed by atoms with Gasteiger partial charge in [0.25, 0.3) is 0 Å². The van der Waals surface area contributed by atoms with E-state index in [2.05, 4.69) is 15.4 Å². The lowest BCUT2D eigenvalue weighted by atomic mass is 10.3. The molecule has 3 rings (SSSR count). The van der Waals surface area contributed by atoms with Crippen molar-refractivity contribution in [1.29, 1.82) is 0 Å². The molecule has 140 valence electrons. The fraction of sp³-hybridized carbons (Fsp3) is 0.444. The summed E-state index contributed by atoms with van der Waals surface area (Å²) in [5.41, 5.74) is 0. The van der Waals surface area contributed by atoms with Crippen LogP contribution < -0.4 is 19.7 Å². The van der Waals surface area contributed by atoms with E-state index in [9.17, 15) is 4.79 Å². The Bertz CT molecular complexity index is 708. The second-order valence-electron chi connectivity index (χ2n) is 6.03. The Kier molecular flexibility index (Phi) is 5.83. The van der Waals surface area contributed by atoms with Gasteiger partial charge in [0, 0.05) is 32.2 Å². The lowest BCUT2D eigenvalue weighted by Crippen LogP contribution is -2.52. The molecule has 0 spiro atoms. The smallest absolute Gasteiger partial charge is 0.317 e. The minimum Gasteiger partial charge on any atom is -0.497 e. The summed E-state index contributed by atoms with van der Waals surface area (Å²) in [7, 11) is 1.62. The summed E-state index contributed by atoms with van der Waals surface area (Å²) in [4.78, 5) is 16.2. The maximum atomic E-state index is 12.2. The Morgan fingerprint density at radius 2 is 1.88 bits per heavy atom. The van der Waals surface area contributed by atoms with Crippen LogP contribution in [0.15, 0.2) is 34.9 Å². The first-order valence-corrected chi connectivity index (χ1v) is 8.63. The van der Waals surface area contributed by atoms with Gasteiger partial charge in [-0.05, 0) is 31.2 Å². The van der Waals surface area contributed by atoms with Crippen LogP contribution in [0.3, 0.4) is 0 Å². The van der Waals surface area contributed by atoms with Crippen molar-refractivity contribution < 1.29 is 18.8 Å². The van der Waals surface area contributed by atoms with E-state index in [0.717, 1.165) is 36.2 Å². The molecule has 1 aliphatic heterocycles. The van der Waals surface area contributed by atoms with Gasteiger partial charge in [0.1, 0.15) is 23.9 Å². The Balaban J connectivity index is 1.35. The summed E-state index contributed by atoms with van der Waals surface area (Å²) in [6.45, 7) is 5.51. The SMILES string of the molecule is COc1ccc(OCCNC(=O)N2CCN(c3cc(C)on3)CC2)cc1. The van der Waals surface area contributed by atoms with E-state index in [-0.39, 0.29) is 6.03 Å². The van der Waals surface area contributed by atoms with Crippen molar-refractivity contribution in [1.82, 2.24) is 15.4 Å². The van der Waals surface area contributed by atoms with Crippen LogP contribution in [-0.4, -0.2) is 62.5 Å². The Morgan fingerprint density at radius 3 is 2.50 bits per heavy atom. The second kappa shape index (κ2) is 8.46. The standard InChI is InChI=1S/C18H24N4O4/c1-14-13-17(20-26-14)21-8-10-22(11-9-21)18(23)19-7-12-25-16-5-3-15(24-2)4-6-16/h3-6,13H,7-12H2,1-2H3,(H,19,23). The highest BCUT2D eigenvalue weighted by molar-refractivity contribution is 5.74. The summed E-state index contributed by atoms with van der Waals surface area (Å²) in [6.07, 6.45) is 0. The van der Waals surface area contributed by atoms with Gasteiger partial charge in [-0.15, -0.1) is 0 Å². The van der Waals surface area contributed by atoms with Crippen molar-refractivity contribution in [2.45, 2.75) is 6.92 Å². The van der Waals surface area contributed by atoms with E-state index in [1.165, 1.54) is 0 Å². The predicted octanol–water partition coefficient (Wildman–Crippen LogP) is 1.90. The zero-order valence-electron chi connectivity index (χ0n) is 15.1. The Morgan fingerprint density at radius 1 is 1.19 bits per heavy atom. The lowest BCUT2D eigenvalue weighted by Gasteiger charge is -2.34. The van der Waals surface area contributed by atoms with Gasteiger partial charge in [-0.3, -0.25) is 0 Å². The van der Waals surface area contributed by atoms with E-state index in [4.69, 9.17) is 14.0 Å². The van der Waals surface area contributed by atoms with Gasteiger partial charge in [-0.1, -0.05) is 5.16 Å². The highest BCUT2D eigenvalue weighted by Crippen LogP contribution is 2.17. The molecule has 1 aliphatic rings. The summed E-state index contributed by atoms with van der Waals surface area (Å²) < 4.78 is 15.8. The van der Waals surface area contributed by atoms with Gasteiger partial charge in [-0.2, -0.15) is 0 Å². The number of aromatic nitrogens is 1. The summed E-state index contributed by atoms with van der Waals surface area (Å²) in [5, 5.41) is 6.91. The molecule has 0 unspecified atom stereocenters. The minimum absolute atomic E-state index is 0.0701. The number of amides is 2. The van der Waals surface area contributed by atoms with Gasteiger partial charge in [0.2, 0.25) is 0 Å². The molecule has 1 aromatic carbocycles. The Hall–Kier alpha value is -2.90. The van der Waals surface area contributed by atoms with Crippen molar-refractivity contribution >= 4 is 11.8 Å². The van der Waals surface area contributed by atoms with E-state index in [1.54, 1.807) is 12.0 Å². The number of nitrogens with one attached hydrogen (secondary N) is 1. The molecule has 2 heterocycles. The molecule has 2 amide bonds. The number of carbonyl (C=O) groups is 1. The number of carbonyl (C=O) groups excluding carboxylic acids is 1. The molecule has 1 N–H and O–H groups in total. The lowest BCUT2D eigenvalue weighted by molar-refractivity contribution is 0.191. The number of nitrogens with zero attached hydrogens (tertiary/aromatic N) is 3. The average molecular weight is 360 g/mol. The number of ether oxygens (including phenoxy) is 2. The molecule has 1 saturated heterocycles. The number of anilines is 1. The largest absolute Gasteiger partial charge is 0.497 e. The monoisotopic (exact) mass is 360 g/mol. The van der Waals surface area contributed by atoms with Crippen LogP contribution in [0.4, 0.5) is 10.6 Å². The van der Waals surface area contributed by atoms with Gasteiger partial charge in [-0.25, -0.2) is 4.79 Å². The second-order valence-corrected chi connectivity index (χ2v) is 6.03. The minimum atomic E-state index is -0.0701. The van der Waals surface area contributed by atoms with Crippen LogP contribution >= 0.6 is 0 Å². The molecule has 8 heteroatoms. The summed E-state index contributed by atoms with van der Waals surface area (Å²) in [6, 6.07) is 9.19. The fourth-order valence-electron chi connectivity index (χ4n) is 2.75. The molecular weight excluding hydrogens is 336 g/mol. The van der Waals surface area contributed by atoms with Crippen LogP contribution in [0, 0.1) is 6.92 Å². The topological polar surface area (TPSA) is 80.1 Å². The third-order valence-electron chi connectivity index (χ3n) is 4.21. The van der Waals surface area contributed by atoms with E-state index in [1.807, 2.05) is 37.3 Å². The molecule has 0 bridgehead atoms. The normalized spacial score (nSPS) is 14.2. The summed E-state index contributed by atoms with van der Waals surface area (Å²) in [5.74, 6) is 3.15. The molecule has 0 saturated carbocycles. The molecule has 1 fully saturated rings. The Labute approximate surface area is 152 Å². The van der Waals surface area contributed by atoms with Crippen LogP contribution in [0.2, 0.25) is 0 Å². The average Bonchev–Trinajstić information content (AvgIpc) is 3.12. The molecule has 8 nitrogen and oxygen atoms in total. The van der Waals surface area contributed by atoms with E-state index < -0.39 is 0 Å².